The average Bonchev–Trinajstić information content (AvgIpc) is 2.95. The summed E-state index contributed by atoms with van der Waals surface area (Å²) in [7, 11) is 1.28. The number of thioether (sulfide) groups is 1. The normalized spacial score (nSPS) is 16.5. The van der Waals surface area contributed by atoms with Gasteiger partial charge in [0.25, 0.3) is 11.1 Å². The lowest BCUT2D eigenvalue weighted by Gasteiger charge is -2.19. The minimum atomic E-state index is -0.513. The molecule has 2 amide bonds. The maximum Gasteiger partial charge on any atom is 0.343 e. The number of nitrogens with zero attached hydrogens (tertiary/aromatic N) is 1. The summed E-state index contributed by atoms with van der Waals surface area (Å²) in [4.78, 5) is 37.8. The number of ether oxygens (including phenoxy) is 3. The van der Waals surface area contributed by atoms with Crippen molar-refractivity contribution in [2.24, 2.45) is 0 Å². The molecular weight excluding hydrogens is 450 g/mol. The van der Waals surface area contributed by atoms with Crippen LogP contribution in [0.3, 0.4) is 0 Å². The molecule has 1 aliphatic rings. The molecule has 1 atom stereocenters. The largest absolute Gasteiger partial charge is 0.490 e. The van der Waals surface area contributed by atoms with Gasteiger partial charge in [-0.15, -0.1) is 0 Å². The molecule has 0 aromatic heterocycles. The summed E-state index contributed by atoms with van der Waals surface area (Å²) in [5.74, 6) is -0.0346. The summed E-state index contributed by atoms with van der Waals surface area (Å²) in [6, 6.07) is 3.19. The Hall–Kier alpha value is -2.00. The first-order valence-electron chi connectivity index (χ1n) is 8.75. The zero-order valence-corrected chi connectivity index (χ0v) is 18.5. The molecule has 152 valence electrons. The fourth-order valence-corrected chi connectivity index (χ4v) is 3.78. The van der Waals surface area contributed by atoms with E-state index in [1.54, 1.807) is 18.2 Å². The van der Waals surface area contributed by atoms with Gasteiger partial charge in [-0.1, -0.05) is 22.9 Å². The van der Waals surface area contributed by atoms with Gasteiger partial charge in [0.05, 0.1) is 18.6 Å². The van der Waals surface area contributed by atoms with E-state index < -0.39 is 5.97 Å². The predicted molar refractivity (Wildman–Crippen MR) is 110 cm³/mol. The average molecular weight is 472 g/mol. The van der Waals surface area contributed by atoms with E-state index in [0.717, 1.165) is 11.8 Å². The molecular formula is C19H22BrNO6S. The Bertz CT molecular complexity index is 810. The SMILES string of the molecule is CCOc1cc(/C=C2/SC(=O)N([C@@H](C)CC)C2=O)c(Br)cc1OCC(=O)OC. The fraction of sp³-hybridized carbons (Fsp3) is 0.421. The summed E-state index contributed by atoms with van der Waals surface area (Å²) >= 11 is 4.36. The van der Waals surface area contributed by atoms with Crippen molar-refractivity contribution in [2.75, 3.05) is 20.3 Å². The van der Waals surface area contributed by atoms with Crippen molar-refractivity contribution in [3.63, 3.8) is 0 Å². The molecule has 0 saturated carbocycles. The molecule has 7 nitrogen and oxygen atoms in total. The van der Waals surface area contributed by atoms with Gasteiger partial charge >= 0.3 is 5.97 Å². The van der Waals surface area contributed by atoms with Crippen LogP contribution in [0.4, 0.5) is 4.79 Å². The number of imide groups is 1. The number of benzene rings is 1. The summed E-state index contributed by atoms with van der Waals surface area (Å²) in [6.07, 6.45) is 2.33. The standard InChI is InChI=1S/C19H22BrNO6S/c1-5-11(3)21-18(23)16(28-19(21)24)8-12-7-14(26-6-2)15(9-13(12)20)27-10-17(22)25-4/h7-9,11H,5-6,10H2,1-4H3/b16-8+/t11-/m0/s1. The van der Waals surface area contributed by atoms with Crippen LogP contribution in [0.25, 0.3) is 6.08 Å². The van der Waals surface area contributed by atoms with Crippen LogP contribution < -0.4 is 9.47 Å². The summed E-state index contributed by atoms with van der Waals surface area (Å²) < 4.78 is 16.3. The highest BCUT2D eigenvalue weighted by Crippen LogP contribution is 2.38. The molecule has 1 aromatic carbocycles. The van der Waals surface area contributed by atoms with E-state index >= 15 is 0 Å². The molecule has 1 aliphatic heterocycles. The first kappa shape index (κ1) is 22.3. The van der Waals surface area contributed by atoms with E-state index in [1.807, 2.05) is 20.8 Å². The van der Waals surface area contributed by atoms with E-state index in [-0.39, 0.29) is 23.8 Å². The molecule has 0 bridgehead atoms. The molecule has 1 aromatic rings. The summed E-state index contributed by atoms with van der Waals surface area (Å²) in [5, 5.41) is -0.273. The number of methoxy groups -OCH3 is 1. The second-order valence-electron chi connectivity index (χ2n) is 5.93. The second kappa shape index (κ2) is 9.97. The Kier molecular flexibility index (Phi) is 7.94. The van der Waals surface area contributed by atoms with Gasteiger partial charge in [0.15, 0.2) is 18.1 Å². The molecule has 0 N–H and O–H groups in total. The van der Waals surface area contributed by atoms with Crippen LogP contribution in [0.2, 0.25) is 0 Å². The van der Waals surface area contributed by atoms with Crippen LogP contribution in [0, 0.1) is 0 Å². The molecule has 0 radical (unpaired) electrons. The van der Waals surface area contributed by atoms with E-state index in [1.165, 1.54) is 12.0 Å². The number of hydrogen-bond acceptors (Lipinski definition) is 7. The second-order valence-corrected chi connectivity index (χ2v) is 7.77. The van der Waals surface area contributed by atoms with Crippen molar-refractivity contribution >= 4 is 50.9 Å². The quantitative estimate of drug-likeness (QED) is 0.414. The van der Waals surface area contributed by atoms with E-state index in [9.17, 15) is 14.4 Å². The van der Waals surface area contributed by atoms with Crippen molar-refractivity contribution in [1.82, 2.24) is 4.90 Å². The van der Waals surface area contributed by atoms with Crippen LogP contribution in [-0.2, 0) is 14.3 Å². The number of hydrogen-bond donors (Lipinski definition) is 0. The monoisotopic (exact) mass is 471 g/mol. The van der Waals surface area contributed by atoms with E-state index in [0.29, 0.717) is 39.5 Å². The number of esters is 1. The molecule has 28 heavy (non-hydrogen) atoms. The molecule has 1 heterocycles. The molecule has 1 fully saturated rings. The van der Waals surface area contributed by atoms with Gasteiger partial charge in [0.2, 0.25) is 0 Å². The Balaban J connectivity index is 2.34. The third-order valence-electron chi connectivity index (χ3n) is 4.08. The Morgan fingerprint density at radius 2 is 1.93 bits per heavy atom. The van der Waals surface area contributed by atoms with E-state index in [2.05, 4.69) is 20.7 Å². The lowest BCUT2D eigenvalue weighted by Crippen LogP contribution is -2.36. The first-order chi connectivity index (χ1) is 13.3. The molecule has 1 saturated heterocycles. The van der Waals surface area contributed by atoms with Crippen molar-refractivity contribution in [2.45, 2.75) is 33.2 Å². The topological polar surface area (TPSA) is 82.1 Å². The van der Waals surface area contributed by atoms with Crippen molar-refractivity contribution in [1.29, 1.82) is 0 Å². The molecule has 0 aliphatic carbocycles. The first-order valence-corrected chi connectivity index (χ1v) is 10.4. The summed E-state index contributed by atoms with van der Waals surface area (Å²) in [6.45, 7) is 5.73. The van der Waals surface area contributed by atoms with Crippen LogP contribution in [0.1, 0.15) is 32.8 Å². The van der Waals surface area contributed by atoms with Crippen molar-refractivity contribution in [3.05, 3.63) is 27.1 Å². The van der Waals surface area contributed by atoms with Crippen molar-refractivity contribution in [3.8, 4) is 11.5 Å². The van der Waals surface area contributed by atoms with Gasteiger partial charge in [-0.25, -0.2) is 4.79 Å². The highest BCUT2D eigenvalue weighted by atomic mass is 79.9. The van der Waals surface area contributed by atoms with Crippen LogP contribution >= 0.6 is 27.7 Å². The Morgan fingerprint density at radius 1 is 1.25 bits per heavy atom. The third-order valence-corrected chi connectivity index (χ3v) is 5.65. The Labute approximate surface area is 176 Å². The minimum Gasteiger partial charge on any atom is -0.490 e. The molecule has 2 rings (SSSR count). The third kappa shape index (κ3) is 5.08. The molecule has 0 unspecified atom stereocenters. The number of amides is 2. The number of halogens is 1. The number of rotatable bonds is 8. The highest BCUT2D eigenvalue weighted by molar-refractivity contribution is 9.10. The fourth-order valence-electron chi connectivity index (χ4n) is 2.42. The minimum absolute atomic E-state index is 0.157. The maximum atomic E-state index is 12.6. The lowest BCUT2D eigenvalue weighted by molar-refractivity contribution is -0.143. The Morgan fingerprint density at radius 3 is 2.54 bits per heavy atom. The van der Waals surface area contributed by atoms with Gasteiger partial charge in [0, 0.05) is 10.5 Å². The molecule has 0 spiro atoms. The van der Waals surface area contributed by atoms with Gasteiger partial charge < -0.3 is 14.2 Å². The molecule has 9 heteroatoms. The number of carbonyl (C=O) groups is 3. The van der Waals surface area contributed by atoms with Gasteiger partial charge in [-0.2, -0.15) is 0 Å². The van der Waals surface area contributed by atoms with Gasteiger partial charge in [0.1, 0.15) is 0 Å². The van der Waals surface area contributed by atoms with Crippen LogP contribution in [0.5, 0.6) is 11.5 Å². The zero-order valence-electron chi connectivity index (χ0n) is 16.1. The van der Waals surface area contributed by atoms with Gasteiger partial charge in [-0.3, -0.25) is 14.5 Å². The van der Waals surface area contributed by atoms with Crippen LogP contribution in [0.15, 0.2) is 21.5 Å². The highest BCUT2D eigenvalue weighted by Gasteiger charge is 2.37. The smallest absolute Gasteiger partial charge is 0.343 e. The van der Waals surface area contributed by atoms with Crippen LogP contribution in [-0.4, -0.2) is 48.4 Å². The lowest BCUT2D eigenvalue weighted by atomic mass is 10.1. The predicted octanol–water partition coefficient (Wildman–Crippen LogP) is 4.23. The van der Waals surface area contributed by atoms with E-state index in [4.69, 9.17) is 9.47 Å². The maximum absolute atomic E-state index is 12.6. The van der Waals surface area contributed by atoms with Gasteiger partial charge in [-0.05, 0) is 55.8 Å². The van der Waals surface area contributed by atoms with Crippen molar-refractivity contribution < 1.29 is 28.6 Å². The zero-order chi connectivity index (χ0) is 20.8. The number of carbonyl (C=O) groups excluding carboxylic acids is 3. The summed E-state index contributed by atoms with van der Waals surface area (Å²) in [5.41, 5.74) is 0.656.